The van der Waals surface area contributed by atoms with E-state index in [4.69, 9.17) is 4.74 Å². The van der Waals surface area contributed by atoms with Crippen LogP contribution in [0.4, 0.5) is 0 Å². The Bertz CT molecular complexity index is 410. The van der Waals surface area contributed by atoms with Gasteiger partial charge in [0, 0.05) is 17.8 Å². The van der Waals surface area contributed by atoms with E-state index >= 15 is 0 Å². The highest BCUT2D eigenvalue weighted by Gasteiger charge is 2.28. The Labute approximate surface area is 115 Å². The molecule has 0 N–H and O–H groups in total. The Morgan fingerprint density at radius 2 is 2.06 bits per heavy atom. The molecule has 1 aliphatic carbocycles. The third kappa shape index (κ3) is 3.63. The average molecular weight is 262 g/mol. The van der Waals surface area contributed by atoms with Gasteiger partial charge in [-0.3, -0.25) is 0 Å². The van der Waals surface area contributed by atoms with Crippen LogP contribution in [0.25, 0.3) is 0 Å². The van der Waals surface area contributed by atoms with Gasteiger partial charge in [-0.25, -0.2) is 0 Å². The van der Waals surface area contributed by atoms with Crippen molar-refractivity contribution in [3.8, 4) is 0 Å². The lowest BCUT2D eigenvalue weighted by molar-refractivity contribution is -0.00933. The minimum absolute atomic E-state index is 0.0350. The van der Waals surface area contributed by atoms with Crippen LogP contribution < -0.4 is 0 Å². The van der Waals surface area contributed by atoms with E-state index in [0.29, 0.717) is 5.92 Å². The Kier molecular flexibility index (Phi) is 4.52. The van der Waals surface area contributed by atoms with Gasteiger partial charge in [-0.2, -0.15) is 0 Å². The second kappa shape index (κ2) is 5.94. The van der Waals surface area contributed by atoms with E-state index in [1.54, 1.807) is 0 Å². The van der Waals surface area contributed by atoms with Crippen molar-refractivity contribution in [2.24, 2.45) is 5.92 Å². The van der Waals surface area contributed by atoms with Crippen LogP contribution in [0.1, 0.15) is 25.3 Å². The van der Waals surface area contributed by atoms with Crippen molar-refractivity contribution in [3.63, 3.8) is 0 Å². The maximum absolute atomic E-state index is 5.62. The zero-order valence-electron chi connectivity index (χ0n) is 11.5. The number of hydrogen-bond acceptors (Lipinski definition) is 2. The fourth-order valence-electron chi connectivity index (χ4n) is 2.33. The molecule has 0 aromatic heterocycles. The number of allylic oxidation sites excluding steroid dienone is 1. The molecule has 1 aliphatic rings. The fraction of sp³-hybridized carbons (Fsp3) is 0.500. The summed E-state index contributed by atoms with van der Waals surface area (Å²) in [6, 6.07) is 8.78. The smallest absolute Gasteiger partial charge is 0.0690 e. The highest BCUT2D eigenvalue weighted by molar-refractivity contribution is 7.99. The first kappa shape index (κ1) is 13.7. The van der Waals surface area contributed by atoms with Gasteiger partial charge < -0.3 is 4.74 Å². The average Bonchev–Trinajstić information content (AvgIpc) is 2.38. The molecule has 1 nitrogen and oxygen atoms in total. The lowest BCUT2D eigenvalue weighted by Crippen LogP contribution is -2.32. The molecule has 2 rings (SSSR count). The zero-order chi connectivity index (χ0) is 13.0. The van der Waals surface area contributed by atoms with E-state index < -0.39 is 0 Å². The number of aryl methyl sites for hydroxylation is 1. The summed E-state index contributed by atoms with van der Waals surface area (Å²) >= 11 is 1.94. The third-order valence-corrected chi connectivity index (χ3v) is 4.83. The summed E-state index contributed by atoms with van der Waals surface area (Å²) in [7, 11) is 1.82. The van der Waals surface area contributed by atoms with E-state index in [-0.39, 0.29) is 5.60 Å². The van der Waals surface area contributed by atoms with E-state index in [9.17, 15) is 0 Å². The number of benzene rings is 1. The van der Waals surface area contributed by atoms with Crippen molar-refractivity contribution in [3.05, 3.63) is 42.0 Å². The molecule has 0 saturated heterocycles. The predicted octanol–water partition coefficient (Wildman–Crippen LogP) is 4.46. The minimum atomic E-state index is 0.0350. The monoisotopic (exact) mass is 262 g/mol. The SMILES string of the molecule is COC1(C)CC=CC(CSc2ccc(C)cc2)C1. The van der Waals surface area contributed by atoms with Gasteiger partial charge in [-0.15, -0.1) is 11.8 Å². The maximum Gasteiger partial charge on any atom is 0.0690 e. The largest absolute Gasteiger partial charge is 0.378 e. The summed E-state index contributed by atoms with van der Waals surface area (Å²) in [4.78, 5) is 1.36. The van der Waals surface area contributed by atoms with Gasteiger partial charge >= 0.3 is 0 Å². The van der Waals surface area contributed by atoms with Gasteiger partial charge in [-0.05, 0) is 44.7 Å². The van der Waals surface area contributed by atoms with Crippen LogP contribution in [0, 0.1) is 12.8 Å². The standard InChI is InChI=1S/C16H22OS/c1-13-6-8-15(9-7-13)18-12-14-5-4-10-16(2,11-14)17-3/h4-9,14H,10-12H2,1-3H3. The molecule has 1 aromatic carbocycles. The minimum Gasteiger partial charge on any atom is -0.378 e. The number of rotatable bonds is 4. The molecule has 0 bridgehead atoms. The van der Waals surface area contributed by atoms with Gasteiger partial charge in [0.05, 0.1) is 5.60 Å². The lowest BCUT2D eigenvalue weighted by Gasteiger charge is -2.33. The summed E-state index contributed by atoms with van der Waals surface area (Å²) in [5.41, 5.74) is 1.36. The normalized spacial score (nSPS) is 27.4. The molecular formula is C16H22OS. The molecule has 18 heavy (non-hydrogen) atoms. The van der Waals surface area contributed by atoms with E-state index in [0.717, 1.165) is 18.6 Å². The molecule has 0 amide bonds. The Balaban J connectivity index is 1.89. The van der Waals surface area contributed by atoms with Crippen molar-refractivity contribution in [2.75, 3.05) is 12.9 Å². The molecule has 98 valence electrons. The molecule has 2 unspecified atom stereocenters. The van der Waals surface area contributed by atoms with Crippen LogP contribution in [0.5, 0.6) is 0 Å². The maximum atomic E-state index is 5.62. The van der Waals surface area contributed by atoms with Gasteiger partial charge in [0.15, 0.2) is 0 Å². The molecule has 0 fully saturated rings. The second-order valence-electron chi connectivity index (χ2n) is 5.37. The fourth-order valence-corrected chi connectivity index (χ4v) is 3.30. The van der Waals surface area contributed by atoms with Crippen LogP contribution in [0.3, 0.4) is 0 Å². The molecule has 2 heteroatoms. The van der Waals surface area contributed by atoms with Crippen molar-refractivity contribution in [2.45, 2.75) is 37.2 Å². The zero-order valence-corrected chi connectivity index (χ0v) is 12.3. The van der Waals surface area contributed by atoms with Crippen molar-refractivity contribution in [1.29, 1.82) is 0 Å². The first-order chi connectivity index (χ1) is 8.61. The van der Waals surface area contributed by atoms with Crippen molar-refractivity contribution in [1.82, 2.24) is 0 Å². The molecular weight excluding hydrogens is 240 g/mol. The Morgan fingerprint density at radius 3 is 2.72 bits per heavy atom. The quantitative estimate of drug-likeness (QED) is 0.585. The van der Waals surface area contributed by atoms with Gasteiger partial charge in [-0.1, -0.05) is 29.8 Å². The Hall–Kier alpha value is -0.730. The second-order valence-corrected chi connectivity index (χ2v) is 6.47. The summed E-state index contributed by atoms with van der Waals surface area (Å²) < 4.78 is 5.62. The molecule has 1 aromatic rings. The molecule has 0 radical (unpaired) electrons. The van der Waals surface area contributed by atoms with Crippen LogP contribution >= 0.6 is 11.8 Å². The molecule has 0 saturated carbocycles. The van der Waals surface area contributed by atoms with Gasteiger partial charge in [0.1, 0.15) is 0 Å². The number of ether oxygens (including phenoxy) is 1. The first-order valence-corrected chi connectivity index (χ1v) is 7.51. The number of hydrogen-bond donors (Lipinski definition) is 0. The molecule has 0 aliphatic heterocycles. The highest BCUT2D eigenvalue weighted by atomic mass is 32.2. The van der Waals surface area contributed by atoms with Gasteiger partial charge in [0.2, 0.25) is 0 Å². The number of methoxy groups -OCH3 is 1. The topological polar surface area (TPSA) is 9.23 Å². The highest BCUT2D eigenvalue weighted by Crippen LogP contribution is 2.33. The van der Waals surface area contributed by atoms with E-state index in [2.05, 4.69) is 50.3 Å². The molecule has 0 heterocycles. The summed E-state index contributed by atoms with van der Waals surface area (Å²) in [5, 5.41) is 0. The summed E-state index contributed by atoms with van der Waals surface area (Å²) in [5.74, 6) is 1.76. The summed E-state index contributed by atoms with van der Waals surface area (Å²) in [6.07, 6.45) is 6.78. The lowest BCUT2D eigenvalue weighted by atomic mass is 9.85. The first-order valence-electron chi connectivity index (χ1n) is 6.53. The van der Waals surface area contributed by atoms with Crippen molar-refractivity contribution >= 4 is 11.8 Å². The summed E-state index contributed by atoms with van der Waals surface area (Å²) in [6.45, 7) is 4.34. The molecule has 0 spiro atoms. The van der Waals surface area contributed by atoms with E-state index in [1.807, 2.05) is 18.9 Å². The number of thioether (sulfide) groups is 1. The van der Waals surface area contributed by atoms with Crippen LogP contribution in [-0.4, -0.2) is 18.5 Å². The van der Waals surface area contributed by atoms with Crippen LogP contribution in [0.2, 0.25) is 0 Å². The Morgan fingerprint density at radius 1 is 1.33 bits per heavy atom. The van der Waals surface area contributed by atoms with E-state index in [1.165, 1.54) is 10.5 Å². The molecule has 2 atom stereocenters. The van der Waals surface area contributed by atoms with Crippen molar-refractivity contribution < 1.29 is 4.74 Å². The third-order valence-electron chi connectivity index (χ3n) is 3.63. The predicted molar refractivity (Wildman–Crippen MR) is 79.2 cm³/mol. The van der Waals surface area contributed by atoms with Crippen LogP contribution in [-0.2, 0) is 4.74 Å². The van der Waals surface area contributed by atoms with Crippen LogP contribution in [0.15, 0.2) is 41.3 Å². The van der Waals surface area contributed by atoms with Gasteiger partial charge in [0.25, 0.3) is 0 Å².